The predicted octanol–water partition coefficient (Wildman–Crippen LogP) is 3.07. The van der Waals surface area contributed by atoms with Crippen LogP contribution < -0.4 is 5.32 Å². The van der Waals surface area contributed by atoms with Crippen molar-refractivity contribution in [2.75, 3.05) is 38.0 Å². The molecule has 6 nitrogen and oxygen atoms in total. The number of hydrogen-bond acceptors (Lipinski definition) is 4. The molecule has 2 heterocycles. The maximum absolute atomic E-state index is 12.8. The first-order valence-corrected chi connectivity index (χ1v) is 11.6. The van der Waals surface area contributed by atoms with Crippen LogP contribution in [-0.2, 0) is 14.8 Å². The minimum atomic E-state index is -3.42. The van der Waals surface area contributed by atoms with Crippen molar-refractivity contribution in [2.45, 2.75) is 56.3 Å². The summed E-state index contributed by atoms with van der Waals surface area (Å²) < 4.78 is 27.2. The van der Waals surface area contributed by atoms with Gasteiger partial charge in [-0.25, -0.2) is 8.42 Å². The van der Waals surface area contributed by atoms with Crippen molar-refractivity contribution in [2.24, 2.45) is 0 Å². The Morgan fingerprint density at radius 3 is 1.89 bits per heavy atom. The van der Waals surface area contributed by atoms with Crippen LogP contribution in [0.2, 0.25) is 0 Å². The highest BCUT2D eigenvalue weighted by Crippen LogP contribution is 2.21. The maximum Gasteiger partial charge on any atom is 0.243 e. The quantitative estimate of drug-likeness (QED) is 0.835. The lowest BCUT2D eigenvalue weighted by Gasteiger charge is -2.21. The van der Waals surface area contributed by atoms with Gasteiger partial charge in [0.15, 0.2) is 0 Å². The minimum Gasteiger partial charge on any atom is -0.376 e. The van der Waals surface area contributed by atoms with Crippen molar-refractivity contribution in [1.29, 1.82) is 0 Å². The highest BCUT2D eigenvalue weighted by molar-refractivity contribution is 7.89. The fourth-order valence-corrected chi connectivity index (χ4v) is 5.30. The van der Waals surface area contributed by atoms with Crippen LogP contribution in [0, 0.1) is 0 Å². The van der Waals surface area contributed by atoms with Crippen LogP contribution in [0.4, 0.5) is 5.69 Å². The summed E-state index contributed by atoms with van der Waals surface area (Å²) in [4.78, 5) is 14.6. The van der Waals surface area contributed by atoms with Gasteiger partial charge in [0.1, 0.15) is 0 Å². The van der Waals surface area contributed by atoms with Crippen LogP contribution in [0.15, 0.2) is 29.2 Å². The number of nitrogens with one attached hydrogen (secondary N) is 1. The molecule has 27 heavy (non-hydrogen) atoms. The number of rotatable bonds is 5. The third-order valence-electron chi connectivity index (χ3n) is 5.46. The third-order valence-corrected chi connectivity index (χ3v) is 7.37. The Hall–Kier alpha value is -1.60. The van der Waals surface area contributed by atoms with E-state index in [9.17, 15) is 13.2 Å². The van der Waals surface area contributed by atoms with E-state index in [4.69, 9.17) is 0 Å². The van der Waals surface area contributed by atoms with E-state index in [1.165, 1.54) is 12.8 Å². The molecule has 150 valence electrons. The van der Waals surface area contributed by atoms with Gasteiger partial charge in [0.2, 0.25) is 15.9 Å². The third kappa shape index (κ3) is 5.45. The first-order chi connectivity index (χ1) is 13.1. The van der Waals surface area contributed by atoms with Crippen LogP contribution in [0.25, 0.3) is 0 Å². The molecule has 0 spiro atoms. The number of sulfonamides is 1. The van der Waals surface area contributed by atoms with E-state index in [1.54, 1.807) is 28.6 Å². The highest BCUT2D eigenvalue weighted by atomic mass is 32.2. The molecule has 1 N–H and O–H groups in total. The normalized spacial score (nSPS) is 19.9. The lowest BCUT2D eigenvalue weighted by atomic mass is 10.2. The molecule has 0 bridgehead atoms. The Bertz CT molecular complexity index is 702. The van der Waals surface area contributed by atoms with Crippen molar-refractivity contribution in [3.63, 3.8) is 0 Å². The first-order valence-electron chi connectivity index (χ1n) is 10.2. The van der Waals surface area contributed by atoms with Gasteiger partial charge in [-0.15, -0.1) is 0 Å². The molecular weight excluding hydrogens is 362 g/mol. The zero-order valence-electron chi connectivity index (χ0n) is 16.0. The van der Waals surface area contributed by atoms with E-state index in [0.717, 1.165) is 57.3 Å². The van der Waals surface area contributed by atoms with Crippen LogP contribution in [0.1, 0.15) is 51.4 Å². The molecule has 7 heteroatoms. The topological polar surface area (TPSA) is 69.7 Å². The molecule has 2 fully saturated rings. The van der Waals surface area contributed by atoms with E-state index in [1.807, 2.05) is 4.90 Å². The second-order valence-electron chi connectivity index (χ2n) is 7.49. The zero-order valence-corrected chi connectivity index (χ0v) is 16.8. The smallest absolute Gasteiger partial charge is 0.243 e. The van der Waals surface area contributed by atoms with Crippen LogP contribution >= 0.6 is 0 Å². The number of carbonyl (C=O) groups excluding carboxylic acids is 1. The Kier molecular flexibility index (Phi) is 7.13. The summed E-state index contributed by atoms with van der Waals surface area (Å²) in [5.74, 6) is 0.109. The summed E-state index contributed by atoms with van der Waals surface area (Å²) in [5.41, 5.74) is 0.771. The van der Waals surface area contributed by atoms with Crippen molar-refractivity contribution < 1.29 is 13.2 Å². The van der Waals surface area contributed by atoms with Gasteiger partial charge < -0.3 is 10.2 Å². The highest BCUT2D eigenvalue weighted by Gasteiger charge is 2.25. The largest absolute Gasteiger partial charge is 0.376 e. The summed E-state index contributed by atoms with van der Waals surface area (Å²) in [6.07, 6.45) is 8.60. The van der Waals surface area contributed by atoms with E-state index in [0.29, 0.717) is 18.0 Å². The number of carbonyl (C=O) groups is 1. The Morgan fingerprint density at radius 2 is 1.33 bits per heavy atom. The van der Waals surface area contributed by atoms with Gasteiger partial charge in [-0.3, -0.25) is 4.79 Å². The van der Waals surface area contributed by atoms with Gasteiger partial charge in [-0.2, -0.15) is 4.31 Å². The maximum atomic E-state index is 12.8. The molecule has 0 aliphatic carbocycles. The molecule has 2 aliphatic heterocycles. The summed E-state index contributed by atoms with van der Waals surface area (Å²) >= 11 is 0. The Balaban J connectivity index is 1.57. The average Bonchev–Trinajstić information content (AvgIpc) is 3.12. The van der Waals surface area contributed by atoms with Gasteiger partial charge in [0.05, 0.1) is 11.4 Å². The van der Waals surface area contributed by atoms with E-state index in [2.05, 4.69) is 5.32 Å². The molecule has 1 aromatic carbocycles. The number of amides is 1. The molecule has 0 atom stereocenters. The molecular formula is C20H31N3O3S. The number of hydrogen-bond donors (Lipinski definition) is 1. The molecule has 0 saturated carbocycles. The van der Waals surface area contributed by atoms with Gasteiger partial charge in [-0.05, 0) is 49.9 Å². The number of likely N-dealkylation sites (tertiary alicyclic amines) is 1. The number of nitrogens with zero attached hydrogens (tertiary/aromatic N) is 2. The fourth-order valence-electron chi connectivity index (χ4n) is 3.79. The van der Waals surface area contributed by atoms with Crippen LogP contribution in [-0.4, -0.2) is 56.3 Å². The second-order valence-corrected chi connectivity index (χ2v) is 9.43. The molecule has 0 unspecified atom stereocenters. The summed E-state index contributed by atoms with van der Waals surface area (Å²) in [7, 11) is -3.42. The molecule has 3 rings (SSSR count). The van der Waals surface area contributed by atoms with E-state index >= 15 is 0 Å². The number of anilines is 1. The van der Waals surface area contributed by atoms with Crippen LogP contribution in [0.3, 0.4) is 0 Å². The Morgan fingerprint density at radius 1 is 0.815 bits per heavy atom. The molecule has 1 aromatic rings. The molecule has 0 radical (unpaired) electrons. The molecule has 2 aliphatic rings. The van der Waals surface area contributed by atoms with Gasteiger partial charge in [0.25, 0.3) is 0 Å². The SMILES string of the molecule is O=C(CNc1ccc(S(=O)(=O)N2CCCCCC2)cc1)N1CCCCCC1. The molecule has 2 saturated heterocycles. The minimum absolute atomic E-state index is 0.109. The average molecular weight is 394 g/mol. The van der Waals surface area contributed by atoms with Gasteiger partial charge in [0, 0.05) is 31.9 Å². The summed E-state index contributed by atoms with van der Waals surface area (Å²) in [6.45, 7) is 3.14. The van der Waals surface area contributed by atoms with Crippen molar-refractivity contribution in [1.82, 2.24) is 9.21 Å². The fraction of sp³-hybridized carbons (Fsp3) is 0.650. The van der Waals surface area contributed by atoms with Gasteiger partial charge in [-0.1, -0.05) is 25.7 Å². The van der Waals surface area contributed by atoms with Crippen LogP contribution in [0.5, 0.6) is 0 Å². The summed E-state index contributed by atoms with van der Waals surface area (Å²) in [6, 6.07) is 6.78. The number of benzene rings is 1. The monoisotopic (exact) mass is 393 g/mol. The first kappa shape index (κ1) is 20.1. The van der Waals surface area contributed by atoms with E-state index < -0.39 is 10.0 Å². The summed E-state index contributed by atoms with van der Waals surface area (Å²) in [5, 5.41) is 3.13. The molecule has 1 amide bonds. The lowest BCUT2D eigenvalue weighted by molar-refractivity contribution is -0.129. The standard InChI is InChI=1S/C20H31N3O3S/c24-20(22-13-5-1-2-6-14-22)17-21-18-9-11-19(12-10-18)27(25,26)23-15-7-3-4-8-16-23/h9-12,21H,1-8,13-17H2. The van der Waals surface area contributed by atoms with Crippen molar-refractivity contribution >= 4 is 21.6 Å². The van der Waals surface area contributed by atoms with Gasteiger partial charge >= 0.3 is 0 Å². The lowest BCUT2D eigenvalue weighted by Crippen LogP contribution is -2.36. The second kappa shape index (κ2) is 9.55. The molecule has 0 aromatic heterocycles. The predicted molar refractivity (Wildman–Crippen MR) is 107 cm³/mol. The van der Waals surface area contributed by atoms with E-state index in [-0.39, 0.29) is 12.5 Å². The van der Waals surface area contributed by atoms with Crippen molar-refractivity contribution in [3.8, 4) is 0 Å². The van der Waals surface area contributed by atoms with Crippen molar-refractivity contribution in [3.05, 3.63) is 24.3 Å². The zero-order chi connectivity index (χ0) is 19.1. The Labute approximate surface area is 163 Å².